The maximum absolute atomic E-state index is 13.0. The van der Waals surface area contributed by atoms with Gasteiger partial charge in [-0.2, -0.15) is 0 Å². The van der Waals surface area contributed by atoms with Crippen molar-refractivity contribution < 1.29 is 23.4 Å². The van der Waals surface area contributed by atoms with Crippen molar-refractivity contribution in [3.05, 3.63) is 52.7 Å². The summed E-state index contributed by atoms with van der Waals surface area (Å²) in [5.74, 6) is 0.805. The van der Waals surface area contributed by atoms with E-state index in [-0.39, 0.29) is 11.7 Å². The van der Waals surface area contributed by atoms with Crippen molar-refractivity contribution in [1.82, 2.24) is 5.32 Å². The van der Waals surface area contributed by atoms with E-state index < -0.39 is 0 Å². The molecule has 1 fully saturated rings. The van der Waals surface area contributed by atoms with E-state index in [0.29, 0.717) is 38.6 Å². The average Bonchev–Trinajstić information content (AvgIpc) is 3.01. The molecule has 1 N–H and O–H groups in total. The smallest absolute Gasteiger partial charge is 0.264 e. The van der Waals surface area contributed by atoms with Gasteiger partial charge in [-0.1, -0.05) is 0 Å². The summed E-state index contributed by atoms with van der Waals surface area (Å²) in [6.45, 7) is 0. The molecule has 0 spiro atoms. The highest BCUT2D eigenvalue weighted by molar-refractivity contribution is 8.18. The highest BCUT2D eigenvalue weighted by atomic mass is 32.2. The fraction of sp³-hybridized carbons (Fsp3) is 0.158. The van der Waals surface area contributed by atoms with Crippen molar-refractivity contribution in [2.75, 3.05) is 21.3 Å². The molecular formula is C19H17FN2O4S. The molecule has 0 saturated carbocycles. The van der Waals surface area contributed by atoms with Gasteiger partial charge in [0.25, 0.3) is 5.91 Å². The van der Waals surface area contributed by atoms with Crippen LogP contribution in [0.3, 0.4) is 0 Å². The van der Waals surface area contributed by atoms with E-state index in [0.717, 1.165) is 0 Å². The third-order valence-corrected chi connectivity index (χ3v) is 4.64. The molecule has 0 unspecified atom stereocenters. The molecule has 140 valence electrons. The molecule has 0 bridgehead atoms. The Morgan fingerprint density at radius 2 is 1.70 bits per heavy atom. The summed E-state index contributed by atoms with van der Waals surface area (Å²) in [7, 11) is 4.57. The van der Waals surface area contributed by atoms with Crippen molar-refractivity contribution in [2.24, 2.45) is 4.99 Å². The lowest BCUT2D eigenvalue weighted by Gasteiger charge is -2.14. The van der Waals surface area contributed by atoms with E-state index >= 15 is 0 Å². The van der Waals surface area contributed by atoms with Crippen LogP contribution in [-0.4, -0.2) is 32.4 Å². The van der Waals surface area contributed by atoms with Gasteiger partial charge in [0.2, 0.25) is 5.75 Å². The van der Waals surface area contributed by atoms with Crippen LogP contribution in [0, 0.1) is 5.82 Å². The van der Waals surface area contributed by atoms with Crippen LogP contribution in [0.15, 0.2) is 46.3 Å². The normalized spacial score (nSPS) is 16.5. The van der Waals surface area contributed by atoms with Gasteiger partial charge in [0.1, 0.15) is 5.82 Å². The Bertz CT molecular complexity index is 926. The molecule has 2 aromatic carbocycles. The minimum absolute atomic E-state index is 0.280. The quantitative estimate of drug-likeness (QED) is 0.790. The van der Waals surface area contributed by atoms with Crippen LogP contribution >= 0.6 is 11.8 Å². The first-order valence-electron chi connectivity index (χ1n) is 7.90. The third kappa shape index (κ3) is 4.06. The topological polar surface area (TPSA) is 69.2 Å². The number of methoxy groups -OCH3 is 3. The number of nitrogens with one attached hydrogen (secondary N) is 1. The van der Waals surface area contributed by atoms with Gasteiger partial charge in [0.15, 0.2) is 16.7 Å². The number of hydrogen-bond acceptors (Lipinski definition) is 6. The summed E-state index contributed by atoms with van der Waals surface area (Å²) in [4.78, 5) is 17.0. The van der Waals surface area contributed by atoms with E-state index in [1.807, 2.05) is 0 Å². The van der Waals surface area contributed by atoms with Crippen LogP contribution in [0.25, 0.3) is 6.08 Å². The van der Waals surface area contributed by atoms with Gasteiger partial charge in [-0.3, -0.25) is 4.79 Å². The Hall–Kier alpha value is -3.00. The van der Waals surface area contributed by atoms with Crippen LogP contribution in [0.1, 0.15) is 5.56 Å². The van der Waals surface area contributed by atoms with Gasteiger partial charge < -0.3 is 19.5 Å². The molecule has 1 amide bonds. The predicted molar refractivity (Wildman–Crippen MR) is 103 cm³/mol. The lowest BCUT2D eigenvalue weighted by molar-refractivity contribution is -0.115. The third-order valence-electron chi connectivity index (χ3n) is 3.73. The van der Waals surface area contributed by atoms with Crippen molar-refractivity contribution in [3.63, 3.8) is 0 Å². The standard InChI is InChI=1S/C19H17FN2O4S/c1-24-14-9-4-11(16(25-2)17(14)26-3)10-15-18(23)22-19(27-15)21-13-7-5-12(20)6-8-13/h4-10H,1-3H3,(H,21,22,23). The summed E-state index contributed by atoms with van der Waals surface area (Å²) in [5.41, 5.74) is 1.21. The van der Waals surface area contributed by atoms with E-state index in [1.165, 1.54) is 57.4 Å². The van der Waals surface area contributed by atoms with Gasteiger partial charge >= 0.3 is 0 Å². The molecule has 0 atom stereocenters. The van der Waals surface area contributed by atoms with Gasteiger partial charge in [-0.25, -0.2) is 9.38 Å². The Balaban J connectivity index is 1.92. The molecule has 0 aromatic heterocycles. The van der Waals surface area contributed by atoms with Gasteiger partial charge in [-0.15, -0.1) is 0 Å². The fourth-order valence-corrected chi connectivity index (χ4v) is 3.33. The number of amides is 1. The zero-order valence-corrected chi connectivity index (χ0v) is 15.7. The number of carbonyl (C=O) groups excluding carboxylic acids is 1. The number of halogens is 1. The molecule has 3 rings (SSSR count). The zero-order chi connectivity index (χ0) is 19.4. The van der Waals surface area contributed by atoms with E-state index in [1.54, 1.807) is 18.2 Å². The number of hydrogen-bond donors (Lipinski definition) is 1. The summed E-state index contributed by atoms with van der Waals surface area (Å²) in [6.07, 6.45) is 1.69. The minimum atomic E-state index is -0.344. The van der Waals surface area contributed by atoms with Crippen molar-refractivity contribution in [1.29, 1.82) is 0 Å². The largest absolute Gasteiger partial charge is 0.493 e. The second kappa shape index (κ2) is 8.13. The van der Waals surface area contributed by atoms with Crippen LogP contribution in [0.4, 0.5) is 10.1 Å². The number of ether oxygens (including phenoxy) is 3. The summed E-state index contributed by atoms with van der Waals surface area (Å²) < 4.78 is 29.0. The first kappa shape index (κ1) is 18.8. The Labute approximate surface area is 160 Å². The zero-order valence-electron chi connectivity index (χ0n) is 14.9. The molecule has 0 radical (unpaired) electrons. The number of aliphatic imine (C=N–C) groups is 1. The fourth-order valence-electron chi connectivity index (χ4n) is 2.49. The monoisotopic (exact) mass is 388 g/mol. The molecule has 1 aliphatic rings. The number of benzene rings is 2. The first-order chi connectivity index (χ1) is 13.0. The molecule has 27 heavy (non-hydrogen) atoms. The predicted octanol–water partition coefficient (Wildman–Crippen LogP) is 3.74. The lowest BCUT2D eigenvalue weighted by Crippen LogP contribution is -2.19. The second-order valence-electron chi connectivity index (χ2n) is 5.38. The Kier molecular flexibility index (Phi) is 5.66. The highest BCUT2D eigenvalue weighted by Crippen LogP contribution is 2.41. The summed E-state index contributed by atoms with van der Waals surface area (Å²) in [6, 6.07) is 9.20. The summed E-state index contributed by atoms with van der Waals surface area (Å²) >= 11 is 1.18. The van der Waals surface area contributed by atoms with Gasteiger partial charge in [0.05, 0.1) is 31.9 Å². The number of rotatable bonds is 5. The lowest BCUT2D eigenvalue weighted by atomic mass is 10.1. The Morgan fingerprint density at radius 3 is 2.33 bits per heavy atom. The molecule has 8 heteroatoms. The van der Waals surface area contributed by atoms with E-state index in [2.05, 4.69) is 10.3 Å². The molecule has 1 aliphatic heterocycles. The van der Waals surface area contributed by atoms with Crippen molar-refractivity contribution >= 4 is 34.6 Å². The second-order valence-corrected chi connectivity index (χ2v) is 6.41. The maximum Gasteiger partial charge on any atom is 0.264 e. The number of amidine groups is 1. The molecular weight excluding hydrogens is 371 g/mol. The van der Waals surface area contributed by atoms with Gasteiger partial charge in [-0.05, 0) is 54.2 Å². The van der Waals surface area contributed by atoms with Crippen molar-refractivity contribution in [2.45, 2.75) is 0 Å². The van der Waals surface area contributed by atoms with Crippen molar-refractivity contribution in [3.8, 4) is 17.2 Å². The molecule has 2 aromatic rings. The van der Waals surface area contributed by atoms with Crippen LogP contribution in [0.5, 0.6) is 17.2 Å². The van der Waals surface area contributed by atoms with Crippen LogP contribution in [0.2, 0.25) is 0 Å². The number of nitrogens with zero attached hydrogens (tertiary/aromatic N) is 1. The SMILES string of the molecule is COc1ccc(C=C2SC(=Nc3ccc(F)cc3)NC2=O)c(OC)c1OC. The molecule has 1 heterocycles. The average molecular weight is 388 g/mol. The number of carbonyl (C=O) groups is 1. The van der Waals surface area contributed by atoms with Crippen LogP contribution in [-0.2, 0) is 4.79 Å². The van der Waals surface area contributed by atoms with E-state index in [9.17, 15) is 9.18 Å². The van der Waals surface area contributed by atoms with Crippen LogP contribution < -0.4 is 19.5 Å². The molecule has 6 nitrogen and oxygen atoms in total. The minimum Gasteiger partial charge on any atom is -0.493 e. The molecule has 1 saturated heterocycles. The maximum atomic E-state index is 13.0. The number of thioether (sulfide) groups is 1. The highest BCUT2D eigenvalue weighted by Gasteiger charge is 2.25. The molecule has 0 aliphatic carbocycles. The Morgan fingerprint density at radius 1 is 1.00 bits per heavy atom. The summed E-state index contributed by atoms with van der Waals surface area (Å²) in [5, 5.41) is 3.11. The first-order valence-corrected chi connectivity index (χ1v) is 8.71. The van der Waals surface area contributed by atoms with Gasteiger partial charge in [0, 0.05) is 5.56 Å². The van der Waals surface area contributed by atoms with E-state index in [4.69, 9.17) is 14.2 Å².